The number of primary amides is 1. The molecule has 1 saturated heterocycles. The lowest BCUT2D eigenvalue weighted by molar-refractivity contribution is -0.165. The summed E-state index contributed by atoms with van der Waals surface area (Å²) in [6.45, 7) is 3.18. The Hall–Kier alpha value is -1.14. The molecule has 2 amide bonds. The molecule has 3 N–H and O–H groups in total. The first-order valence-corrected chi connectivity index (χ1v) is 7.85. The molecule has 21 heavy (non-hydrogen) atoms. The minimum Gasteiger partial charge on any atom is -0.388 e. The average molecular weight is 298 g/mol. The highest BCUT2D eigenvalue weighted by atomic mass is 16.5. The fourth-order valence-corrected chi connectivity index (χ4v) is 3.68. The van der Waals surface area contributed by atoms with E-state index in [2.05, 4.69) is 0 Å². The fourth-order valence-electron chi connectivity index (χ4n) is 3.68. The van der Waals surface area contributed by atoms with E-state index in [0.29, 0.717) is 26.0 Å². The van der Waals surface area contributed by atoms with Gasteiger partial charge in [-0.05, 0) is 45.4 Å². The van der Waals surface area contributed by atoms with Crippen LogP contribution in [0.1, 0.15) is 51.9 Å². The van der Waals surface area contributed by atoms with E-state index in [1.807, 2.05) is 6.92 Å². The van der Waals surface area contributed by atoms with E-state index >= 15 is 0 Å². The van der Waals surface area contributed by atoms with Gasteiger partial charge in [-0.2, -0.15) is 0 Å². The van der Waals surface area contributed by atoms with Crippen LogP contribution in [0.5, 0.6) is 0 Å². The second kappa shape index (κ2) is 6.32. The second-order valence-electron chi connectivity index (χ2n) is 6.33. The second-order valence-corrected chi connectivity index (χ2v) is 6.33. The first-order chi connectivity index (χ1) is 9.91. The highest BCUT2D eigenvalue weighted by Crippen LogP contribution is 2.36. The van der Waals surface area contributed by atoms with Crippen LogP contribution in [0.4, 0.5) is 0 Å². The number of piperidine rings is 1. The number of rotatable bonds is 5. The molecule has 0 aromatic rings. The Morgan fingerprint density at radius 2 is 1.90 bits per heavy atom. The normalized spacial score (nSPS) is 28.6. The number of amides is 2. The Morgan fingerprint density at radius 3 is 2.48 bits per heavy atom. The summed E-state index contributed by atoms with van der Waals surface area (Å²) in [7, 11) is 0. The van der Waals surface area contributed by atoms with Crippen molar-refractivity contribution in [1.29, 1.82) is 0 Å². The summed E-state index contributed by atoms with van der Waals surface area (Å²) >= 11 is 0. The summed E-state index contributed by atoms with van der Waals surface area (Å²) in [5.74, 6) is -0.573. The Kier molecular flexibility index (Phi) is 4.88. The van der Waals surface area contributed by atoms with Gasteiger partial charge in [0.15, 0.2) is 0 Å². The monoisotopic (exact) mass is 298 g/mol. The molecule has 2 rings (SSSR count). The molecular weight excluding hydrogens is 272 g/mol. The van der Waals surface area contributed by atoms with E-state index in [1.165, 1.54) is 0 Å². The van der Waals surface area contributed by atoms with Gasteiger partial charge in [0.05, 0.1) is 12.0 Å². The maximum Gasteiger partial charge on any atom is 0.254 e. The third kappa shape index (κ3) is 3.55. The molecule has 120 valence electrons. The molecule has 6 nitrogen and oxygen atoms in total. The summed E-state index contributed by atoms with van der Waals surface area (Å²) < 4.78 is 5.79. The highest BCUT2D eigenvalue weighted by molar-refractivity contribution is 5.86. The zero-order valence-corrected chi connectivity index (χ0v) is 12.8. The van der Waals surface area contributed by atoms with Crippen LogP contribution in [0.15, 0.2) is 0 Å². The number of ether oxygens (including phenoxy) is 1. The van der Waals surface area contributed by atoms with Gasteiger partial charge in [0.2, 0.25) is 5.91 Å². The summed E-state index contributed by atoms with van der Waals surface area (Å²) in [5, 5.41) is 10.5. The van der Waals surface area contributed by atoms with Crippen molar-refractivity contribution >= 4 is 11.8 Å². The van der Waals surface area contributed by atoms with Gasteiger partial charge < -0.3 is 20.5 Å². The molecule has 1 aliphatic carbocycles. The predicted octanol–water partition coefficient (Wildman–Crippen LogP) is 0.565. The Bertz CT molecular complexity index is 406. The van der Waals surface area contributed by atoms with E-state index in [0.717, 1.165) is 25.7 Å². The van der Waals surface area contributed by atoms with Crippen molar-refractivity contribution in [3.05, 3.63) is 0 Å². The first-order valence-electron chi connectivity index (χ1n) is 7.85. The van der Waals surface area contributed by atoms with Crippen molar-refractivity contribution < 1.29 is 19.4 Å². The molecule has 0 bridgehead atoms. The largest absolute Gasteiger partial charge is 0.388 e. The first kappa shape index (κ1) is 16.2. The van der Waals surface area contributed by atoms with Crippen molar-refractivity contribution in [2.75, 3.05) is 19.7 Å². The molecule has 2 aliphatic rings. The Balaban J connectivity index is 2.09. The zero-order valence-electron chi connectivity index (χ0n) is 12.8. The van der Waals surface area contributed by atoms with E-state index in [1.54, 1.807) is 4.90 Å². The molecule has 0 spiro atoms. The lowest BCUT2D eigenvalue weighted by Gasteiger charge is -2.42. The molecule has 1 heterocycles. The van der Waals surface area contributed by atoms with E-state index in [4.69, 9.17) is 10.5 Å². The number of carbonyl (C=O) groups excluding carboxylic acids is 2. The summed E-state index contributed by atoms with van der Waals surface area (Å²) in [5.41, 5.74) is 3.29. The Labute approximate surface area is 125 Å². The third-order valence-electron chi connectivity index (χ3n) is 4.57. The van der Waals surface area contributed by atoms with Crippen LogP contribution in [-0.4, -0.2) is 52.7 Å². The van der Waals surface area contributed by atoms with Gasteiger partial charge in [-0.15, -0.1) is 0 Å². The van der Waals surface area contributed by atoms with Crippen LogP contribution >= 0.6 is 0 Å². The Morgan fingerprint density at radius 1 is 1.24 bits per heavy atom. The maximum absolute atomic E-state index is 12.9. The maximum atomic E-state index is 12.9. The average Bonchev–Trinajstić information content (AvgIpc) is 2.86. The molecule has 0 radical (unpaired) electrons. The number of hydrogen-bond donors (Lipinski definition) is 2. The van der Waals surface area contributed by atoms with Gasteiger partial charge in [-0.3, -0.25) is 9.59 Å². The number of β-amino-alcohol motifs (C(OH)–C–C–N with tert-alkyl or cyclic N) is 1. The predicted molar refractivity (Wildman–Crippen MR) is 77.4 cm³/mol. The molecule has 1 atom stereocenters. The molecular formula is C15H26N2O4. The molecule has 1 unspecified atom stereocenters. The van der Waals surface area contributed by atoms with Crippen molar-refractivity contribution in [3.8, 4) is 0 Å². The van der Waals surface area contributed by atoms with Crippen LogP contribution < -0.4 is 5.73 Å². The van der Waals surface area contributed by atoms with Crippen LogP contribution in [0.3, 0.4) is 0 Å². The highest BCUT2D eigenvalue weighted by Gasteiger charge is 2.47. The van der Waals surface area contributed by atoms with Crippen LogP contribution in [-0.2, 0) is 14.3 Å². The molecule has 0 aromatic carbocycles. The van der Waals surface area contributed by atoms with Crippen LogP contribution in [0.2, 0.25) is 0 Å². The quantitative estimate of drug-likeness (QED) is 0.776. The molecule has 0 aromatic heterocycles. The summed E-state index contributed by atoms with van der Waals surface area (Å²) in [6, 6.07) is 0. The van der Waals surface area contributed by atoms with Gasteiger partial charge in [0.25, 0.3) is 5.91 Å². The van der Waals surface area contributed by atoms with Crippen LogP contribution in [0.25, 0.3) is 0 Å². The minimum atomic E-state index is -1.19. The lowest BCUT2D eigenvalue weighted by Crippen LogP contribution is -2.57. The van der Waals surface area contributed by atoms with Crippen LogP contribution in [0, 0.1) is 0 Å². The standard InChI is InChI=1S/C15H26N2O4/c1-2-21-15(7-3-4-8-15)13(19)17-9-5-6-14(20,11-17)10-12(16)18/h20H,2-11H2,1H3,(H2,16,18). The number of aliphatic hydroxyl groups is 1. The molecule has 1 saturated carbocycles. The number of carbonyl (C=O) groups is 2. The smallest absolute Gasteiger partial charge is 0.254 e. The summed E-state index contributed by atoms with van der Waals surface area (Å²) in [6.07, 6.45) is 4.54. The van der Waals surface area contributed by atoms with Gasteiger partial charge in [0.1, 0.15) is 5.60 Å². The lowest BCUT2D eigenvalue weighted by atomic mass is 9.88. The number of nitrogens with two attached hydrogens (primary N) is 1. The fraction of sp³-hybridized carbons (Fsp3) is 0.867. The van der Waals surface area contributed by atoms with Gasteiger partial charge in [-0.1, -0.05) is 0 Å². The zero-order chi connectivity index (χ0) is 15.5. The number of nitrogens with zero attached hydrogens (tertiary/aromatic N) is 1. The molecule has 1 aliphatic heterocycles. The van der Waals surface area contributed by atoms with Gasteiger partial charge in [-0.25, -0.2) is 0 Å². The van der Waals surface area contributed by atoms with Crippen molar-refractivity contribution in [3.63, 3.8) is 0 Å². The van der Waals surface area contributed by atoms with Gasteiger partial charge >= 0.3 is 0 Å². The summed E-state index contributed by atoms with van der Waals surface area (Å²) in [4.78, 5) is 25.6. The topological polar surface area (TPSA) is 92.9 Å². The van der Waals surface area contributed by atoms with Gasteiger partial charge in [0, 0.05) is 19.7 Å². The number of likely N-dealkylation sites (tertiary alicyclic amines) is 1. The van der Waals surface area contributed by atoms with Crippen molar-refractivity contribution in [2.45, 2.75) is 63.1 Å². The minimum absolute atomic E-state index is 0.0376. The van der Waals surface area contributed by atoms with E-state index in [9.17, 15) is 14.7 Å². The molecule has 2 fully saturated rings. The van der Waals surface area contributed by atoms with Crippen molar-refractivity contribution in [1.82, 2.24) is 4.90 Å². The van der Waals surface area contributed by atoms with E-state index < -0.39 is 17.1 Å². The third-order valence-corrected chi connectivity index (χ3v) is 4.57. The van der Waals surface area contributed by atoms with Crippen molar-refractivity contribution in [2.24, 2.45) is 5.73 Å². The SMILES string of the molecule is CCOC1(C(=O)N2CCCC(O)(CC(N)=O)C2)CCCC1. The molecule has 6 heteroatoms. The van der Waals surface area contributed by atoms with E-state index in [-0.39, 0.29) is 18.9 Å². The number of hydrogen-bond acceptors (Lipinski definition) is 4.